The highest BCUT2D eigenvalue weighted by Crippen LogP contribution is 2.08. The van der Waals surface area contributed by atoms with Crippen LogP contribution in [0, 0.1) is 0 Å². The van der Waals surface area contributed by atoms with Crippen molar-refractivity contribution in [2.24, 2.45) is 0 Å². The molecule has 1 aromatic heterocycles. The second-order valence-corrected chi connectivity index (χ2v) is 3.95. The average Bonchev–Trinajstić information content (AvgIpc) is 2.77. The topological polar surface area (TPSA) is 51.5 Å². The highest BCUT2D eigenvalue weighted by Gasteiger charge is 2.10. The monoisotopic (exact) mass is 239 g/mol. The van der Waals surface area contributed by atoms with E-state index >= 15 is 0 Å². The van der Waals surface area contributed by atoms with Gasteiger partial charge in [0, 0.05) is 19.3 Å². The summed E-state index contributed by atoms with van der Waals surface area (Å²) in [5.74, 6) is -0.257. The van der Waals surface area contributed by atoms with Crippen molar-refractivity contribution in [3.05, 3.63) is 24.0 Å². The van der Waals surface area contributed by atoms with E-state index in [4.69, 9.17) is 9.84 Å². The zero-order valence-electron chi connectivity index (χ0n) is 10.4. The van der Waals surface area contributed by atoms with Gasteiger partial charge in [-0.05, 0) is 31.9 Å². The molecule has 0 saturated carbocycles. The summed E-state index contributed by atoms with van der Waals surface area (Å²) in [4.78, 5) is 11.6. The normalized spacial score (nSPS) is 10.5. The maximum absolute atomic E-state index is 11.6. The molecule has 0 aliphatic rings. The molecule has 1 rings (SSSR count). The number of aryl methyl sites for hydroxylation is 1. The molecule has 0 atom stereocenters. The molecule has 0 aliphatic carbocycles. The Morgan fingerprint density at radius 3 is 2.82 bits per heavy atom. The summed E-state index contributed by atoms with van der Waals surface area (Å²) in [5, 5.41) is 8.66. The molecule has 1 aromatic rings. The smallest absolute Gasteiger partial charge is 0.354 e. The zero-order valence-corrected chi connectivity index (χ0v) is 10.4. The largest absolute Gasteiger partial charge is 0.461 e. The molecule has 1 N–H and O–H groups in total. The Kier molecular flexibility index (Phi) is 6.40. The lowest BCUT2D eigenvalue weighted by molar-refractivity contribution is 0.0513. The Morgan fingerprint density at radius 2 is 2.12 bits per heavy atom. The van der Waals surface area contributed by atoms with E-state index in [0.29, 0.717) is 12.3 Å². The summed E-state index contributed by atoms with van der Waals surface area (Å²) in [6, 6.07) is 3.64. The number of carbonyl (C=O) groups excluding carboxylic acids is 1. The van der Waals surface area contributed by atoms with Gasteiger partial charge >= 0.3 is 5.97 Å². The van der Waals surface area contributed by atoms with E-state index in [-0.39, 0.29) is 12.6 Å². The van der Waals surface area contributed by atoms with Crippen LogP contribution in [-0.2, 0) is 11.3 Å². The molecule has 0 spiro atoms. The standard InChI is InChI=1S/C13H21NO3/c1-2-17-13(16)12-8-7-10-14(12)9-5-3-4-6-11-15/h7-8,10,15H,2-6,9,11H2,1H3. The first-order valence-electron chi connectivity index (χ1n) is 6.22. The van der Waals surface area contributed by atoms with Gasteiger partial charge in [-0.15, -0.1) is 0 Å². The number of aromatic nitrogens is 1. The molecule has 1 heterocycles. The van der Waals surface area contributed by atoms with Gasteiger partial charge < -0.3 is 14.4 Å². The maximum atomic E-state index is 11.6. The van der Waals surface area contributed by atoms with Crippen molar-refractivity contribution in [2.75, 3.05) is 13.2 Å². The molecule has 0 unspecified atom stereocenters. The number of nitrogens with zero attached hydrogens (tertiary/aromatic N) is 1. The zero-order chi connectivity index (χ0) is 12.5. The van der Waals surface area contributed by atoms with Gasteiger partial charge in [0.2, 0.25) is 0 Å². The fourth-order valence-electron chi connectivity index (χ4n) is 1.75. The number of ether oxygens (including phenoxy) is 1. The van der Waals surface area contributed by atoms with Crippen molar-refractivity contribution in [2.45, 2.75) is 39.2 Å². The second-order valence-electron chi connectivity index (χ2n) is 3.95. The van der Waals surface area contributed by atoms with Crippen molar-refractivity contribution in [3.63, 3.8) is 0 Å². The van der Waals surface area contributed by atoms with E-state index in [0.717, 1.165) is 32.2 Å². The molecule has 17 heavy (non-hydrogen) atoms. The number of rotatable bonds is 8. The summed E-state index contributed by atoms with van der Waals surface area (Å²) in [5.41, 5.74) is 0.619. The molecular weight excluding hydrogens is 218 g/mol. The van der Waals surface area contributed by atoms with Gasteiger partial charge in [-0.2, -0.15) is 0 Å². The predicted molar refractivity (Wildman–Crippen MR) is 65.9 cm³/mol. The van der Waals surface area contributed by atoms with Crippen LogP contribution in [0.5, 0.6) is 0 Å². The van der Waals surface area contributed by atoms with Gasteiger partial charge in [-0.1, -0.05) is 12.8 Å². The van der Waals surface area contributed by atoms with Gasteiger partial charge in [0.15, 0.2) is 0 Å². The summed E-state index contributed by atoms with van der Waals surface area (Å²) in [7, 11) is 0. The highest BCUT2D eigenvalue weighted by molar-refractivity contribution is 5.87. The average molecular weight is 239 g/mol. The van der Waals surface area contributed by atoms with Crippen LogP contribution >= 0.6 is 0 Å². The quantitative estimate of drug-likeness (QED) is 0.559. The Balaban J connectivity index is 2.38. The maximum Gasteiger partial charge on any atom is 0.354 e. The first kappa shape index (κ1) is 13.8. The van der Waals surface area contributed by atoms with Crippen LogP contribution in [-0.4, -0.2) is 28.9 Å². The minimum Gasteiger partial charge on any atom is -0.461 e. The van der Waals surface area contributed by atoms with Gasteiger partial charge in [-0.25, -0.2) is 4.79 Å². The van der Waals surface area contributed by atoms with Gasteiger partial charge in [-0.3, -0.25) is 0 Å². The second kappa shape index (κ2) is 7.90. The SMILES string of the molecule is CCOC(=O)c1cccn1CCCCCCO. The number of hydrogen-bond acceptors (Lipinski definition) is 3. The van der Waals surface area contributed by atoms with Crippen molar-refractivity contribution in [1.82, 2.24) is 4.57 Å². The molecule has 4 heteroatoms. The van der Waals surface area contributed by atoms with Gasteiger partial charge in [0.05, 0.1) is 6.61 Å². The molecule has 0 amide bonds. The molecule has 0 bridgehead atoms. The number of aliphatic hydroxyl groups is 1. The molecular formula is C13H21NO3. The fraction of sp³-hybridized carbons (Fsp3) is 0.615. The van der Waals surface area contributed by atoms with E-state index < -0.39 is 0 Å². The number of esters is 1. The van der Waals surface area contributed by atoms with Crippen molar-refractivity contribution >= 4 is 5.97 Å². The molecule has 0 aromatic carbocycles. The van der Waals surface area contributed by atoms with E-state index in [1.807, 2.05) is 16.8 Å². The number of unbranched alkanes of at least 4 members (excludes halogenated alkanes) is 3. The molecule has 4 nitrogen and oxygen atoms in total. The van der Waals surface area contributed by atoms with E-state index in [9.17, 15) is 4.79 Å². The first-order valence-corrected chi connectivity index (χ1v) is 6.22. The first-order chi connectivity index (χ1) is 8.29. The lowest BCUT2D eigenvalue weighted by Crippen LogP contribution is -2.11. The summed E-state index contributed by atoms with van der Waals surface area (Å²) in [6.07, 6.45) is 5.88. The van der Waals surface area contributed by atoms with Gasteiger partial charge in [0.1, 0.15) is 5.69 Å². The lowest BCUT2D eigenvalue weighted by Gasteiger charge is -2.08. The van der Waals surface area contributed by atoms with Crippen LogP contribution in [0.4, 0.5) is 0 Å². The van der Waals surface area contributed by atoms with Crippen LogP contribution in [0.1, 0.15) is 43.1 Å². The van der Waals surface area contributed by atoms with Crippen molar-refractivity contribution < 1.29 is 14.6 Å². The fourth-order valence-corrected chi connectivity index (χ4v) is 1.75. The molecule has 0 radical (unpaired) electrons. The van der Waals surface area contributed by atoms with Gasteiger partial charge in [0.25, 0.3) is 0 Å². The van der Waals surface area contributed by atoms with Crippen LogP contribution in [0.15, 0.2) is 18.3 Å². The Morgan fingerprint density at radius 1 is 1.35 bits per heavy atom. The van der Waals surface area contributed by atoms with Crippen LogP contribution in [0.25, 0.3) is 0 Å². The minimum absolute atomic E-state index is 0.257. The molecule has 0 fully saturated rings. The lowest BCUT2D eigenvalue weighted by atomic mass is 10.2. The molecule has 0 aliphatic heterocycles. The van der Waals surface area contributed by atoms with E-state index in [1.54, 1.807) is 13.0 Å². The summed E-state index contributed by atoms with van der Waals surface area (Å²) in [6.45, 7) is 3.30. The predicted octanol–water partition coefficient (Wildman–Crippen LogP) is 2.22. The van der Waals surface area contributed by atoms with Crippen LogP contribution in [0.2, 0.25) is 0 Å². The van der Waals surface area contributed by atoms with Crippen molar-refractivity contribution in [1.29, 1.82) is 0 Å². The minimum atomic E-state index is -0.257. The Labute approximate surface area is 102 Å². The third-order valence-electron chi connectivity index (χ3n) is 2.62. The van der Waals surface area contributed by atoms with E-state index in [1.165, 1.54) is 0 Å². The Bertz CT molecular complexity index is 333. The Hall–Kier alpha value is -1.29. The summed E-state index contributed by atoms with van der Waals surface area (Å²) >= 11 is 0. The number of aliphatic hydroxyl groups excluding tert-OH is 1. The third kappa shape index (κ3) is 4.61. The summed E-state index contributed by atoms with van der Waals surface area (Å²) < 4.78 is 6.91. The van der Waals surface area contributed by atoms with E-state index in [2.05, 4.69) is 0 Å². The van der Waals surface area contributed by atoms with Crippen molar-refractivity contribution in [3.8, 4) is 0 Å². The highest BCUT2D eigenvalue weighted by atomic mass is 16.5. The third-order valence-corrected chi connectivity index (χ3v) is 2.62. The molecule has 0 saturated heterocycles. The van der Waals surface area contributed by atoms with Crippen LogP contribution < -0.4 is 0 Å². The number of hydrogen-bond donors (Lipinski definition) is 1. The molecule has 96 valence electrons. The van der Waals surface area contributed by atoms with Crippen LogP contribution in [0.3, 0.4) is 0 Å². The number of carbonyl (C=O) groups is 1.